The van der Waals surface area contributed by atoms with E-state index in [-0.39, 0.29) is 12.4 Å². The number of rotatable bonds is 4. The first-order chi connectivity index (χ1) is 11.1. The predicted octanol–water partition coefficient (Wildman–Crippen LogP) is 1.76. The second kappa shape index (κ2) is 6.23. The van der Waals surface area contributed by atoms with Gasteiger partial charge in [-0.2, -0.15) is 4.98 Å². The van der Waals surface area contributed by atoms with Gasteiger partial charge in [0.25, 0.3) is 0 Å². The maximum Gasteiger partial charge on any atom is 0.247 e. The number of nitrogens with two attached hydrogens (primary N) is 1. The largest absolute Gasteiger partial charge is 0.368 e. The SMILES string of the molecule is Nc1nc(Cl)c2ccn(Cc3ccc(CC(=O)NO)cc3)c2n1. The summed E-state index contributed by atoms with van der Waals surface area (Å²) in [5, 5.41) is 9.61. The number of anilines is 1. The Kier molecular flexibility index (Phi) is 4.14. The molecule has 0 radical (unpaired) electrons. The molecular weight excluding hydrogens is 318 g/mol. The van der Waals surface area contributed by atoms with Crippen LogP contribution in [0.15, 0.2) is 36.5 Å². The van der Waals surface area contributed by atoms with Crippen LogP contribution in [0.5, 0.6) is 0 Å². The molecule has 0 atom stereocenters. The van der Waals surface area contributed by atoms with Crippen LogP contribution in [0, 0.1) is 0 Å². The van der Waals surface area contributed by atoms with E-state index in [0.717, 1.165) is 16.5 Å². The summed E-state index contributed by atoms with van der Waals surface area (Å²) in [7, 11) is 0. The van der Waals surface area contributed by atoms with Crippen LogP contribution >= 0.6 is 11.6 Å². The molecule has 2 aromatic heterocycles. The Morgan fingerprint density at radius 3 is 2.61 bits per heavy atom. The Bertz CT molecular complexity index is 860. The van der Waals surface area contributed by atoms with E-state index in [2.05, 4.69) is 9.97 Å². The molecule has 0 spiro atoms. The third-order valence-electron chi connectivity index (χ3n) is 3.45. The van der Waals surface area contributed by atoms with Gasteiger partial charge >= 0.3 is 0 Å². The van der Waals surface area contributed by atoms with E-state index in [1.54, 1.807) is 5.48 Å². The quantitative estimate of drug-likeness (QED) is 0.384. The van der Waals surface area contributed by atoms with E-state index in [0.29, 0.717) is 17.3 Å². The van der Waals surface area contributed by atoms with Crippen molar-refractivity contribution in [3.05, 3.63) is 52.8 Å². The molecular formula is C15H14ClN5O2. The Morgan fingerprint density at radius 1 is 1.22 bits per heavy atom. The number of hydrogen-bond acceptors (Lipinski definition) is 5. The molecule has 23 heavy (non-hydrogen) atoms. The van der Waals surface area contributed by atoms with Crippen LogP contribution in [0.2, 0.25) is 5.15 Å². The minimum absolute atomic E-state index is 0.128. The highest BCUT2D eigenvalue weighted by Gasteiger charge is 2.09. The Morgan fingerprint density at radius 2 is 1.91 bits per heavy atom. The number of halogens is 1. The van der Waals surface area contributed by atoms with Gasteiger partial charge in [-0.3, -0.25) is 10.0 Å². The summed E-state index contributed by atoms with van der Waals surface area (Å²) in [6, 6.07) is 9.35. The van der Waals surface area contributed by atoms with Crippen molar-refractivity contribution >= 4 is 34.5 Å². The van der Waals surface area contributed by atoms with Gasteiger partial charge in [0, 0.05) is 12.7 Å². The molecule has 0 saturated carbocycles. The minimum Gasteiger partial charge on any atom is -0.368 e. The maximum absolute atomic E-state index is 11.1. The molecule has 0 saturated heterocycles. The number of hydrogen-bond donors (Lipinski definition) is 3. The lowest BCUT2D eigenvalue weighted by atomic mass is 10.1. The maximum atomic E-state index is 11.1. The smallest absolute Gasteiger partial charge is 0.247 e. The highest BCUT2D eigenvalue weighted by atomic mass is 35.5. The Labute approximate surface area is 136 Å². The lowest BCUT2D eigenvalue weighted by molar-refractivity contribution is -0.128. The zero-order valence-electron chi connectivity index (χ0n) is 12.0. The van der Waals surface area contributed by atoms with Crippen LogP contribution in [0.3, 0.4) is 0 Å². The fraction of sp³-hybridized carbons (Fsp3) is 0.133. The van der Waals surface area contributed by atoms with E-state index in [9.17, 15) is 4.79 Å². The van der Waals surface area contributed by atoms with E-state index in [1.165, 1.54) is 0 Å². The number of aromatic nitrogens is 3. The summed E-state index contributed by atoms with van der Waals surface area (Å²) >= 11 is 6.06. The fourth-order valence-electron chi connectivity index (χ4n) is 2.36. The van der Waals surface area contributed by atoms with Gasteiger partial charge in [0.15, 0.2) is 0 Å². The van der Waals surface area contributed by atoms with Crippen LogP contribution in [-0.2, 0) is 17.8 Å². The highest BCUT2D eigenvalue weighted by Crippen LogP contribution is 2.23. The van der Waals surface area contributed by atoms with Gasteiger partial charge in [0.05, 0.1) is 11.8 Å². The van der Waals surface area contributed by atoms with Crippen molar-refractivity contribution in [1.82, 2.24) is 20.0 Å². The van der Waals surface area contributed by atoms with Crippen LogP contribution in [0.25, 0.3) is 11.0 Å². The lowest BCUT2D eigenvalue weighted by Gasteiger charge is -2.07. The number of fused-ring (bicyclic) bond motifs is 1. The van der Waals surface area contributed by atoms with Crippen molar-refractivity contribution < 1.29 is 10.0 Å². The zero-order chi connectivity index (χ0) is 16.4. The number of carbonyl (C=O) groups is 1. The molecule has 0 aliphatic heterocycles. The Hall–Kier alpha value is -2.64. The summed E-state index contributed by atoms with van der Waals surface area (Å²) in [6.45, 7) is 0.586. The van der Waals surface area contributed by atoms with Crippen LogP contribution in [0.1, 0.15) is 11.1 Å². The normalized spacial score (nSPS) is 10.9. The zero-order valence-corrected chi connectivity index (χ0v) is 12.8. The number of nitrogens with zero attached hydrogens (tertiary/aromatic N) is 3. The molecule has 1 amide bonds. The van der Waals surface area contributed by atoms with E-state index < -0.39 is 5.91 Å². The summed E-state index contributed by atoms with van der Waals surface area (Å²) in [5.41, 5.74) is 9.78. The average Bonchev–Trinajstić information content (AvgIpc) is 2.92. The number of nitrogens with one attached hydrogen (secondary N) is 1. The van der Waals surface area contributed by atoms with Gasteiger partial charge in [-0.15, -0.1) is 0 Å². The van der Waals surface area contributed by atoms with Gasteiger partial charge in [-0.1, -0.05) is 35.9 Å². The molecule has 8 heteroatoms. The lowest BCUT2D eigenvalue weighted by Crippen LogP contribution is -2.20. The van der Waals surface area contributed by atoms with Crippen molar-refractivity contribution in [3.63, 3.8) is 0 Å². The van der Waals surface area contributed by atoms with Crippen molar-refractivity contribution in [2.45, 2.75) is 13.0 Å². The van der Waals surface area contributed by atoms with Gasteiger partial charge in [0.1, 0.15) is 10.8 Å². The molecule has 0 aliphatic rings. The van der Waals surface area contributed by atoms with Crippen LogP contribution < -0.4 is 11.2 Å². The molecule has 118 valence electrons. The second-order valence-electron chi connectivity index (χ2n) is 5.08. The average molecular weight is 332 g/mol. The number of hydroxylamine groups is 1. The number of carbonyl (C=O) groups excluding carboxylic acids is 1. The van der Waals surface area contributed by atoms with Gasteiger partial charge in [0.2, 0.25) is 11.9 Å². The molecule has 3 aromatic rings. The molecule has 0 bridgehead atoms. The summed E-state index contributed by atoms with van der Waals surface area (Å²) in [4.78, 5) is 19.3. The van der Waals surface area contributed by atoms with Crippen molar-refractivity contribution in [3.8, 4) is 0 Å². The molecule has 4 N–H and O–H groups in total. The predicted molar refractivity (Wildman–Crippen MR) is 86.1 cm³/mol. The first-order valence-electron chi connectivity index (χ1n) is 6.85. The summed E-state index contributed by atoms with van der Waals surface area (Å²) < 4.78 is 1.93. The molecule has 0 unspecified atom stereocenters. The summed E-state index contributed by atoms with van der Waals surface area (Å²) in [6.07, 6.45) is 2.00. The van der Waals surface area contributed by atoms with E-state index in [1.807, 2.05) is 41.1 Å². The van der Waals surface area contributed by atoms with Gasteiger partial charge < -0.3 is 10.3 Å². The number of nitrogen functional groups attached to an aromatic ring is 1. The molecule has 0 aliphatic carbocycles. The van der Waals surface area contributed by atoms with Gasteiger partial charge in [-0.25, -0.2) is 10.5 Å². The monoisotopic (exact) mass is 331 g/mol. The molecule has 3 rings (SSSR count). The second-order valence-corrected chi connectivity index (χ2v) is 5.44. The van der Waals surface area contributed by atoms with E-state index in [4.69, 9.17) is 22.5 Å². The minimum atomic E-state index is -0.448. The topological polar surface area (TPSA) is 106 Å². The molecule has 7 nitrogen and oxygen atoms in total. The highest BCUT2D eigenvalue weighted by molar-refractivity contribution is 6.34. The van der Waals surface area contributed by atoms with Crippen molar-refractivity contribution in [2.24, 2.45) is 0 Å². The summed E-state index contributed by atoms with van der Waals surface area (Å²) in [5.74, 6) is -0.316. The molecule has 1 aromatic carbocycles. The van der Waals surface area contributed by atoms with Crippen molar-refractivity contribution in [2.75, 3.05) is 5.73 Å². The first-order valence-corrected chi connectivity index (χ1v) is 7.23. The molecule has 0 fully saturated rings. The van der Waals surface area contributed by atoms with Crippen LogP contribution in [0.4, 0.5) is 5.95 Å². The standard InChI is InChI=1S/C15H14ClN5O2/c16-13-11-5-6-21(14(11)19-15(17)18-13)8-10-3-1-9(2-4-10)7-12(22)20-23/h1-6,23H,7-8H2,(H,20,22)(H2,17,18,19). The first kappa shape index (κ1) is 15.3. The Balaban J connectivity index is 1.83. The molecule has 2 heterocycles. The van der Waals surface area contributed by atoms with Crippen molar-refractivity contribution in [1.29, 1.82) is 0 Å². The third kappa shape index (κ3) is 3.25. The third-order valence-corrected chi connectivity index (χ3v) is 3.74. The number of amides is 1. The van der Waals surface area contributed by atoms with Gasteiger partial charge in [-0.05, 0) is 17.2 Å². The van der Waals surface area contributed by atoms with Crippen LogP contribution in [-0.4, -0.2) is 25.6 Å². The van der Waals surface area contributed by atoms with E-state index >= 15 is 0 Å². The number of benzene rings is 1. The fourth-order valence-corrected chi connectivity index (χ4v) is 2.59.